The second-order valence-corrected chi connectivity index (χ2v) is 2.91. The lowest BCUT2D eigenvalue weighted by Gasteiger charge is -2.06. The highest BCUT2D eigenvalue weighted by molar-refractivity contribution is 5.81. The van der Waals surface area contributed by atoms with E-state index in [1.54, 1.807) is 5.32 Å². The molecule has 3 nitrogen and oxygen atoms in total. The largest absolute Gasteiger partial charge is 0.471 e. The molecule has 13 heavy (non-hydrogen) atoms. The topological polar surface area (TPSA) is 35.0 Å². The molecule has 6 heteroatoms. The molecule has 0 heterocycles. The summed E-state index contributed by atoms with van der Waals surface area (Å²) in [7, 11) is 3.62. The second-order valence-electron chi connectivity index (χ2n) is 2.91. The SMILES string of the molecule is C[N+](C)CCCNC(=O)C(F)(F)F. The van der Waals surface area contributed by atoms with Crippen molar-refractivity contribution in [2.45, 2.75) is 12.6 Å². The minimum atomic E-state index is -4.77. The number of nitrogens with zero attached hydrogens (tertiary/aromatic N) is 1. The maximum Gasteiger partial charge on any atom is 0.471 e. The van der Waals surface area contributed by atoms with Crippen LogP contribution in [-0.4, -0.2) is 39.3 Å². The lowest BCUT2D eigenvalue weighted by atomic mass is 10.4. The van der Waals surface area contributed by atoms with E-state index < -0.39 is 12.1 Å². The Kier molecular flexibility index (Phi) is 4.76. The highest BCUT2D eigenvalue weighted by Gasteiger charge is 2.38. The van der Waals surface area contributed by atoms with E-state index in [2.05, 4.69) is 0 Å². The lowest BCUT2D eigenvalue weighted by Crippen LogP contribution is -2.38. The molecule has 1 amide bonds. The summed E-state index contributed by atoms with van der Waals surface area (Å²) in [6, 6.07) is 0. The van der Waals surface area contributed by atoms with Gasteiger partial charge in [-0.15, -0.1) is 0 Å². The van der Waals surface area contributed by atoms with Crippen LogP contribution in [0.1, 0.15) is 6.42 Å². The third-order valence-corrected chi connectivity index (χ3v) is 1.33. The van der Waals surface area contributed by atoms with Gasteiger partial charge in [-0.25, -0.2) is 0 Å². The molecule has 0 aromatic carbocycles. The van der Waals surface area contributed by atoms with Crippen molar-refractivity contribution in [1.29, 1.82) is 0 Å². The van der Waals surface area contributed by atoms with Crippen molar-refractivity contribution in [3.63, 3.8) is 0 Å². The van der Waals surface area contributed by atoms with Crippen molar-refractivity contribution in [2.75, 3.05) is 27.2 Å². The number of halogens is 3. The molecule has 0 aliphatic carbocycles. The summed E-state index contributed by atoms with van der Waals surface area (Å²) in [5, 5.41) is 1.79. The van der Waals surface area contributed by atoms with Gasteiger partial charge in [-0.2, -0.15) is 18.1 Å². The van der Waals surface area contributed by atoms with E-state index in [0.29, 0.717) is 13.0 Å². The Labute approximate surface area is 74.9 Å². The van der Waals surface area contributed by atoms with Gasteiger partial charge in [0.1, 0.15) is 20.6 Å². The monoisotopic (exact) mass is 198 g/mol. The number of alkyl halides is 3. The maximum absolute atomic E-state index is 11.6. The Hall–Kier alpha value is -0.780. The van der Waals surface area contributed by atoms with Crippen LogP contribution in [-0.2, 0) is 4.79 Å². The third-order valence-electron chi connectivity index (χ3n) is 1.33. The smallest absolute Gasteiger partial charge is 0.348 e. The number of rotatable bonds is 4. The predicted molar refractivity (Wildman–Crippen MR) is 42.5 cm³/mol. The van der Waals surface area contributed by atoms with Gasteiger partial charge in [-0.1, -0.05) is 0 Å². The van der Waals surface area contributed by atoms with Gasteiger partial charge in [0.2, 0.25) is 0 Å². The molecule has 0 rings (SSSR count). The van der Waals surface area contributed by atoms with Crippen molar-refractivity contribution in [3.05, 3.63) is 0 Å². The van der Waals surface area contributed by atoms with E-state index in [1.807, 2.05) is 19.0 Å². The molecule has 0 spiro atoms. The van der Waals surface area contributed by atoms with E-state index in [0.717, 1.165) is 0 Å². The van der Waals surface area contributed by atoms with Gasteiger partial charge in [-0.05, 0) is 0 Å². The van der Waals surface area contributed by atoms with Crippen LogP contribution in [0.3, 0.4) is 0 Å². The van der Waals surface area contributed by atoms with Crippen molar-refractivity contribution in [1.82, 2.24) is 10.2 Å². The van der Waals surface area contributed by atoms with Gasteiger partial charge >= 0.3 is 12.1 Å². The molecule has 77 valence electrons. The maximum atomic E-state index is 11.6. The molecular weight excluding hydrogens is 185 g/mol. The first-order valence-electron chi connectivity index (χ1n) is 3.84. The van der Waals surface area contributed by atoms with E-state index >= 15 is 0 Å². The number of carbonyl (C=O) groups is 1. The van der Waals surface area contributed by atoms with Crippen LogP contribution in [0.25, 0.3) is 0 Å². The number of hydrogen-bond acceptors (Lipinski definition) is 2. The number of amides is 1. The van der Waals surface area contributed by atoms with Gasteiger partial charge in [0.15, 0.2) is 0 Å². The van der Waals surface area contributed by atoms with Crippen molar-refractivity contribution in [3.8, 4) is 0 Å². The molecule has 0 aromatic heterocycles. The van der Waals surface area contributed by atoms with Crippen LogP contribution in [0.15, 0.2) is 0 Å². The Morgan fingerprint density at radius 2 is 1.92 bits per heavy atom. The van der Waals surface area contributed by atoms with E-state index in [-0.39, 0.29) is 6.54 Å². The van der Waals surface area contributed by atoms with E-state index in [1.165, 1.54) is 0 Å². The zero-order valence-corrected chi connectivity index (χ0v) is 7.61. The second kappa shape index (κ2) is 5.06. The molecule has 0 aliphatic rings. The predicted octanol–water partition coefficient (Wildman–Crippen LogP) is 0.455. The standard InChI is InChI=1S/C7H13F3N2O/c1-12(2)5-3-4-11-6(13)7(8,9)10/h3-5H2,1-2H3,(H,11,13)/q+1. The summed E-state index contributed by atoms with van der Waals surface area (Å²) in [6.07, 6.45) is -4.26. The fraction of sp³-hybridized carbons (Fsp3) is 0.857. The van der Waals surface area contributed by atoms with Crippen LogP contribution in [0, 0.1) is 0 Å². The molecule has 0 aliphatic heterocycles. The average molecular weight is 198 g/mol. The summed E-state index contributed by atoms with van der Waals surface area (Å²) in [5.41, 5.74) is 0. The Morgan fingerprint density at radius 3 is 2.31 bits per heavy atom. The zero-order valence-electron chi connectivity index (χ0n) is 7.61. The zero-order chi connectivity index (χ0) is 10.5. The van der Waals surface area contributed by atoms with Crippen LogP contribution in [0.4, 0.5) is 13.2 Å². The number of hydrogen-bond donors (Lipinski definition) is 1. The summed E-state index contributed by atoms with van der Waals surface area (Å²) in [4.78, 5) is 12.1. The molecule has 0 bridgehead atoms. The summed E-state index contributed by atoms with van der Waals surface area (Å²) >= 11 is 0. The molecule has 0 fully saturated rings. The quantitative estimate of drug-likeness (QED) is 0.516. The first-order valence-corrected chi connectivity index (χ1v) is 3.84. The molecule has 0 unspecified atom stereocenters. The normalized spacial score (nSPS) is 11.8. The van der Waals surface area contributed by atoms with Gasteiger partial charge in [0, 0.05) is 13.0 Å². The van der Waals surface area contributed by atoms with Crippen molar-refractivity contribution < 1.29 is 18.0 Å². The molecule has 0 aromatic rings. The highest BCUT2D eigenvalue weighted by Crippen LogP contribution is 2.13. The Morgan fingerprint density at radius 1 is 1.38 bits per heavy atom. The molecule has 1 N–H and O–H groups in total. The van der Waals surface area contributed by atoms with Crippen LogP contribution >= 0.6 is 0 Å². The lowest BCUT2D eigenvalue weighted by molar-refractivity contribution is -0.173. The summed E-state index contributed by atoms with van der Waals surface area (Å²) in [5.74, 6) is -1.87. The number of nitrogens with one attached hydrogen (secondary N) is 1. The summed E-state index contributed by atoms with van der Waals surface area (Å²) in [6.45, 7) is 0.703. The fourth-order valence-electron chi connectivity index (χ4n) is 0.697. The van der Waals surface area contributed by atoms with E-state index in [9.17, 15) is 18.0 Å². The first kappa shape index (κ1) is 12.2. The third kappa shape index (κ3) is 6.39. The van der Waals surface area contributed by atoms with Crippen LogP contribution in [0.5, 0.6) is 0 Å². The van der Waals surface area contributed by atoms with Crippen molar-refractivity contribution in [2.24, 2.45) is 0 Å². The fourth-order valence-corrected chi connectivity index (χ4v) is 0.697. The van der Waals surface area contributed by atoms with Crippen molar-refractivity contribution >= 4 is 5.91 Å². The Balaban J connectivity index is 3.49. The Bertz CT molecular complexity index is 168. The van der Waals surface area contributed by atoms with Gasteiger partial charge < -0.3 is 5.32 Å². The molecule has 0 saturated heterocycles. The highest BCUT2D eigenvalue weighted by atomic mass is 19.4. The average Bonchev–Trinajstić information content (AvgIpc) is 1.95. The molecule has 0 atom stereocenters. The molecule has 0 saturated carbocycles. The van der Waals surface area contributed by atoms with E-state index in [4.69, 9.17) is 0 Å². The minimum Gasteiger partial charge on any atom is -0.348 e. The first-order chi connectivity index (χ1) is 5.84. The molecular formula is C7H13F3N2O+. The van der Waals surface area contributed by atoms with Gasteiger partial charge in [0.25, 0.3) is 0 Å². The van der Waals surface area contributed by atoms with Crippen LogP contribution in [0.2, 0.25) is 0 Å². The van der Waals surface area contributed by atoms with Gasteiger partial charge in [0.05, 0.1) is 0 Å². The minimum absolute atomic E-state index is 0.0521. The summed E-state index contributed by atoms with van der Waals surface area (Å²) < 4.78 is 34.8. The van der Waals surface area contributed by atoms with Gasteiger partial charge in [-0.3, -0.25) is 4.79 Å². The number of carbonyl (C=O) groups excluding carboxylic acids is 1. The molecule has 1 radical (unpaired) electrons. The van der Waals surface area contributed by atoms with Crippen LogP contribution < -0.4 is 10.2 Å².